The minimum atomic E-state index is -0.705. The molecule has 0 aliphatic carbocycles. The minimum Gasteiger partial charge on any atom is -0.482 e. The highest BCUT2D eigenvalue weighted by atomic mass is 19.1. The summed E-state index contributed by atoms with van der Waals surface area (Å²) < 4.78 is 34.6. The average Bonchev–Trinajstić information content (AvgIpc) is 3.41. The van der Waals surface area contributed by atoms with E-state index in [2.05, 4.69) is 25.6 Å². The van der Waals surface area contributed by atoms with E-state index < -0.39 is 11.7 Å². The normalized spacial score (nSPS) is 16.1. The molecule has 1 aromatic carbocycles. The molecule has 1 aliphatic heterocycles. The maximum Gasteiger partial charge on any atom is 0.410 e. The molecule has 0 spiro atoms. The van der Waals surface area contributed by atoms with Crippen LogP contribution in [0.5, 0.6) is 5.75 Å². The lowest BCUT2D eigenvalue weighted by Gasteiger charge is -2.41. The van der Waals surface area contributed by atoms with Crippen molar-refractivity contribution in [2.75, 3.05) is 44.8 Å². The van der Waals surface area contributed by atoms with Crippen LogP contribution in [0.25, 0.3) is 0 Å². The molecule has 3 heterocycles. The Bertz CT molecular complexity index is 1540. The molecule has 1 aliphatic rings. The van der Waals surface area contributed by atoms with Gasteiger partial charge < -0.3 is 29.7 Å². The summed E-state index contributed by atoms with van der Waals surface area (Å²) in [5.41, 5.74) is 3.12. The van der Waals surface area contributed by atoms with E-state index in [0.717, 1.165) is 16.8 Å². The number of carbonyl (C=O) groups is 2. The molecule has 0 bridgehead atoms. The van der Waals surface area contributed by atoms with Crippen LogP contribution in [0.15, 0.2) is 36.8 Å². The van der Waals surface area contributed by atoms with Crippen molar-refractivity contribution in [3.63, 3.8) is 0 Å². The molecule has 256 valence electrons. The smallest absolute Gasteiger partial charge is 0.410 e. The number of aryl methyl sites for hydroxylation is 3. The molecule has 2 atom stereocenters. The Labute approximate surface area is 276 Å². The molecule has 0 unspecified atom stereocenters. The van der Waals surface area contributed by atoms with Crippen LogP contribution >= 0.6 is 0 Å². The van der Waals surface area contributed by atoms with Gasteiger partial charge in [0.05, 0.1) is 29.7 Å². The number of pyridine rings is 1. The van der Waals surface area contributed by atoms with Gasteiger partial charge in [-0.05, 0) is 77.8 Å². The third-order valence-electron chi connectivity index (χ3n) is 7.78. The lowest BCUT2D eigenvalue weighted by molar-refractivity contribution is -0.00318. The average molecular weight is 654 g/mol. The van der Waals surface area contributed by atoms with Gasteiger partial charge in [-0.3, -0.25) is 19.4 Å². The second kappa shape index (κ2) is 15.6. The molecule has 0 radical (unpaired) electrons. The van der Waals surface area contributed by atoms with Crippen LogP contribution in [0.2, 0.25) is 0 Å². The summed E-state index contributed by atoms with van der Waals surface area (Å²) in [4.78, 5) is 34.5. The largest absolute Gasteiger partial charge is 0.482 e. The number of nitrogens with zero attached hydrogens (tertiary/aromatic N) is 5. The first-order valence-electron chi connectivity index (χ1n) is 16.0. The number of anilines is 1. The van der Waals surface area contributed by atoms with Crippen molar-refractivity contribution in [1.29, 1.82) is 0 Å². The van der Waals surface area contributed by atoms with Gasteiger partial charge in [0.25, 0.3) is 5.91 Å². The number of benzene rings is 1. The Balaban J connectivity index is 1.55. The first-order valence-corrected chi connectivity index (χ1v) is 16.0. The standard InChI is InChI=1S/C34H48FN7O5/c1-9-36-32(43)27-13-25(20-45-21-38-26-16-39-40(8)18-26)22(2)12-30(27)46-31(29-14-28(35)23(3)15-37-29)19-41-10-11-42(24(4)17-41)33(44)47-34(5,6)7/h12-16,18,24,31,38H,9-11,17,19-21H2,1-8H3,(H,36,43)/t24-,31-/m1/s1. The third-order valence-corrected chi connectivity index (χ3v) is 7.78. The van der Waals surface area contributed by atoms with Crippen molar-refractivity contribution in [1.82, 2.24) is 29.9 Å². The van der Waals surface area contributed by atoms with Crippen LogP contribution in [0, 0.1) is 19.7 Å². The topological polar surface area (TPSA) is 123 Å². The molecule has 12 nitrogen and oxygen atoms in total. The van der Waals surface area contributed by atoms with Crippen LogP contribution in [-0.4, -0.2) is 87.7 Å². The Hall–Kier alpha value is -4.23. The van der Waals surface area contributed by atoms with Gasteiger partial charge in [-0.25, -0.2) is 9.18 Å². The zero-order chi connectivity index (χ0) is 34.3. The first kappa shape index (κ1) is 35.6. The van der Waals surface area contributed by atoms with E-state index in [9.17, 15) is 14.0 Å². The third kappa shape index (κ3) is 9.88. The van der Waals surface area contributed by atoms with Crippen molar-refractivity contribution in [2.45, 2.75) is 72.8 Å². The van der Waals surface area contributed by atoms with Crippen molar-refractivity contribution in [2.24, 2.45) is 7.05 Å². The summed E-state index contributed by atoms with van der Waals surface area (Å²) in [5.74, 6) is -0.322. The number of nitrogens with one attached hydrogen (secondary N) is 2. The Kier molecular flexibility index (Phi) is 11.8. The number of hydrogen-bond donors (Lipinski definition) is 2. The van der Waals surface area contributed by atoms with Crippen LogP contribution in [-0.2, 0) is 23.1 Å². The monoisotopic (exact) mass is 653 g/mol. The highest BCUT2D eigenvalue weighted by molar-refractivity contribution is 5.97. The van der Waals surface area contributed by atoms with E-state index >= 15 is 0 Å². The molecule has 2 aromatic heterocycles. The highest BCUT2D eigenvalue weighted by Gasteiger charge is 2.33. The molecule has 0 saturated carbocycles. The highest BCUT2D eigenvalue weighted by Crippen LogP contribution is 2.30. The van der Waals surface area contributed by atoms with Crippen molar-refractivity contribution >= 4 is 17.7 Å². The van der Waals surface area contributed by atoms with Crippen LogP contribution < -0.4 is 15.4 Å². The Morgan fingerprint density at radius 2 is 1.89 bits per heavy atom. The fourth-order valence-corrected chi connectivity index (χ4v) is 5.28. The summed E-state index contributed by atoms with van der Waals surface area (Å²) in [5, 5.41) is 10.2. The van der Waals surface area contributed by atoms with Crippen molar-refractivity contribution in [3.05, 3.63) is 70.6 Å². The first-order chi connectivity index (χ1) is 22.2. The maximum atomic E-state index is 14.8. The summed E-state index contributed by atoms with van der Waals surface area (Å²) in [6, 6.07) is 4.86. The summed E-state index contributed by atoms with van der Waals surface area (Å²) in [6.45, 7) is 15.8. The number of piperazine rings is 1. The van der Waals surface area contributed by atoms with Gasteiger partial charge in [-0.1, -0.05) is 0 Å². The number of carbonyl (C=O) groups excluding carboxylic acids is 2. The van der Waals surface area contributed by atoms with Crippen LogP contribution in [0.4, 0.5) is 14.9 Å². The number of halogens is 1. The number of aromatic nitrogens is 3. The van der Waals surface area contributed by atoms with E-state index in [4.69, 9.17) is 14.2 Å². The van der Waals surface area contributed by atoms with Gasteiger partial charge in [-0.15, -0.1) is 0 Å². The maximum absolute atomic E-state index is 14.8. The molecular weight excluding hydrogens is 605 g/mol. The number of ether oxygens (including phenoxy) is 3. The Morgan fingerprint density at radius 3 is 2.53 bits per heavy atom. The van der Waals surface area contributed by atoms with Gasteiger partial charge in [0.1, 0.15) is 23.9 Å². The van der Waals surface area contributed by atoms with Crippen molar-refractivity contribution in [3.8, 4) is 5.75 Å². The molecule has 3 aromatic rings. The molecular formula is C34H48FN7O5. The molecule has 13 heteroatoms. The van der Waals surface area contributed by atoms with Gasteiger partial charge >= 0.3 is 6.09 Å². The zero-order valence-corrected chi connectivity index (χ0v) is 28.7. The lowest BCUT2D eigenvalue weighted by Crippen LogP contribution is -2.55. The van der Waals surface area contributed by atoms with Crippen molar-refractivity contribution < 1.29 is 28.2 Å². The number of amides is 2. The van der Waals surface area contributed by atoms with Crippen LogP contribution in [0.3, 0.4) is 0 Å². The van der Waals surface area contributed by atoms with Gasteiger partial charge in [0, 0.05) is 63.8 Å². The molecule has 1 saturated heterocycles. The summed E-state index contributed by atoms with van der Waals surface area (Å²) in [7, 11) is 1.84. The number of rotatable bonds is 12. The van der Waals surface area contributed by atoms with Crippen LogP contribution in [0.1, 0.15) is 73.5 Å². The molecule has 47 heavy (non-hydrogen) atoms. The molecule has 2 amide bonds. The van der Waals surface area contributed by atoms with E-state index in [-0.39, 0.29) is 37.2 Å². The second-order valence-electron chi connectivity index (χ2n) is 13.0. The SMILES string of the molecule is CCNC(=O)c1cc(COCNc2cnn(C)c2)c(C)cc1O[C@H](CN1CCN(C(=O)OC(C)(C)C)[C@H](C)C1)c1cc(F)c(C)cn1. The minimum absolute atomic E-state index is 0.123. The number of hydrogen-bond acceptors (Lipinski definition) is 9. The molecule has 4 rings (SSSR count). The summed E-state index contributed by atoms with van der Waals surface area (Å²) >= 11 is 0. The predicted octanol–water partition coefficient (Wildman–Crippen LogP) is 4.97. The summed E-state index contributed by atoms with van der Waals surface area (Å²) in [6.07, 6.45) is 3.99. The fraction of sp³-hybridized carbons (Fsp3) is 0.529. The van der Waals surface area contributed by atoms with E-state index in [1.807, 2.05) is 60.9 Å². The van der Waals surface area contributed by atoms with E-state index in [0.29, 0.717) is 55.3 Å². The predicted molar refractivity (Wildman–Crippen MR) is 177 cm³/mol. The lowest BCUT2D eigenvalue weighted by atomic mass is 10.0. The molecule has 2 N–H and O–H groups in total. The van der Waals surface area contributed by atoms with Gasteiger partial charge in [0.2, 0.25) is 0 Å². The fourth-order valence-electron chi connectivity index (χ4n) is 5.28. The van der Waals surface area contributed by atoms with Gasteiger partial charge in [-0.2, -0.15) is 5.10 Å². The quantitative estimate of drug-likeness (QED) is 0.206. The van der Waals surface area contributed by atoms with E-state index in [1.165, 1.54) is 12.3 Å². The molecule has 1 fully saturated rings. The second-order valence-corrected chi connectivity index (χ2v) is 13.0. The zero-order valence-electron chi connectivity index (χ0n) is 28.7. The Morgan fingerprint density at radius 1 is 1.13 bits per heavy atom. The van der Waals surface area contributed by atoms with Gasteiger partial charge in [0.15, 0.2) is 6.10 Å². The van der Waals surface area contributed by atoms with E-state index in [1.54, 1.807) is 28.8 Å².